The molecule has 1 fully saturated rings. The third kappa shape index (κ3) is 5.17. The van der Waals surface area contributed by atoms with Gasteiger partial charge in [0.15, 0.2) is 0 Å². The van der Waals surface area contributed by atoms with Crippen molar-refractivity contribution in [3.05, 3.63) is 119 Å². The van der Waals surface area contributed by atoms with Crippen LogP contribution >= 0.6 is 0 Å². The maximum atomic E-state index is 13.3. The number of carbonyl (C=O) groups excluding carboxylic acids is 2. The molecule has 0 aliphatic carbocycles. The van der Waals surface area contributed by atoms with E-state index in [1.165, 1.54) is 4.90 Å². The number of hydrogen-bond donors (Lipinski definition) is 1. The zero-order chi connectivity index (χ0) is 26.5. The van der Waals surface area contributed by atoms with E-state index in [1.54, 1.807) is 13.2 Å². The molecule has 1 atom stereocenters. The number of nitrogens with zero attached hydrogens (tertiary/aromatic N) is 1. The number of amides is 1. The fourth-order valence-corrected chi connectivity index (χ4v) is 4.84. The number of fused-ring (bicyclic) bond motifs is 1. The van der Waals surface area contributed by atoms with Crippen LogP contribution in [0.4, 0.5) is 0 Å². The Balaban J connectivity index is 1.55. The molecule has 1 heterocycles. The maximum Gasteiger partial charge on any atom is 0.295 e. The van der Waals surface area contributed by atoms with E-state index in [0.717, 1.165) is 16.3 Å². The molecule has 1 unspecified atom stereocenters. The van der Waals surface area contributed by atoms with E-state index in [4.69, 9.17) is 9.47 Å². The van der Waals surface area contributed by atoms with Gasteiger partial charge in [-0.15, -0.1) is 0 Å². The molecule has 192 valence electrons. The van der Waals surface area contributed by atoms with Crippen molar-refractivity contribution < 1.29 is 24.2 Å². The van der Waals surface area contributed by atoms with Crippen LogP contribution < -0.4 is 4.74 Å². The molecule has 1 amide bonds. The number of hydrogen-bond acceptors (Lipinski definition) is 5. The van der Waals surface area contributed by atoms with E-state index in [0.29, 0.717) is 43.1 Å². The Labute approximate surface area is 221 Å². The lowest BCUT2D eigenvalue weighted by Crippen LogP contribution is -2.31. The number of aliphatic hydroxyl groups excluding tert-OH is 1. The Bertz CT molecular complexity index is 1490. The largest absolute Gasteiger partial charge is 0.507 e. The molecule has 4 aromatic carbocycles. The molecule has 4 aromatic rings. The number of ketones is 1. The van der Waals surface area contributed by atoms with Crippen LogP contribution in [0.2, 0.25) is 0 Å². The Morgan fingerprint density at radius 3 is 2.42 bits per heavy atom. The van der Waals surface area contributed by atoms with Gasteiger partial charge in [-0.1, -0.05) is 78.9 Å². The molecular weight excluding hydrogens is 478 g/mol. The summed E-state index contributed by atoms with van der Waals surface area (Å²) in [5.41, 5.74) is 2.28. The van der Waals surface area contributed by atoms with E-state index in [-0.39, 0.29) is 11.3 Å². The molecule has 6 heteroatoms. The molecule has 5 rings (SSSR count). The van der Waals surface area contributed by atoms with Crippen molar-refractivity contribution in [1.29, 1.82) is 0 Å². The predicted molar refractivity (Wildman–Crippen MR) is 147 cm³/mol. The second kappa shape index (κ2) is 11.3. The highest BCUT2D eigenvalue weighted by atomic mass is 16.5. The molecule has 1 aliphatic heterocycles. The lowest BCUT2D eigenvalue weighted by Gasteiger charge is -2.25. The second-order valence-corrected chi connectivity index (χ2v) is 9.25. The van der Waals surface area contributed by atoms with Crippen LogP contribution in [0, 0.1) is 0 Å². The molecule has 38 heavy (non-hydrogen) atoms. The van der Waals surface area contributed by atoms with Crippen LogP contribution in [-0.4, -0.2) is 42.0 Å². The van der Waals surface area contributed by atoms with Gasteiger partial charge in [-0.3, -0.25) is 9.59 Å². The van der Waals surface area contributed by atoms with Gasteiger partial charge in [-0.05, 0) is 46.5 Å². The number of benzene rings is 4. The zero-order valence-electron chi connectivity index (χ0n) is 21.2. The first-order valence-electron chi connectivity index (χ1n) is 12.6. The first kappa shape index (κ1) is 25.2. The number of methoxy groups -OCH3 is 1. The van der Waals surface area contributed by atoms with Crippen LogP contribution in [0.1, 0.15) is 29.2 Å². The van der Waals surface area contributed by atoms with Gasteiger partial charge >= 0.3 is 0 Å². The average Bonchev–Trinajstić information content (AvgIpc) is 3.21. The Morgan fingerprint density at radius 2 is 1.63 bits per heavy atom. The van der Waals surface area contributed by atoms with Crippen molar-refractivity contribution >= 4 is 28.2 Å². The summed E-state index contributed by atoms with van der Waals surface area (Å²) >= 11 is 0. The Hall–Kier alpha value is -4.42. The molecule has 6 nitrogen and oxygen atoms in total. The summed E-state index contributed by atoms with van der Waals surface area (Å²) in [5.74, 6) is -0.916. The Kier molecular flexibility index (Phi) is 7.52. The van der Waals surface area contributed by atoms with Crippen molar-refractivity contribution in [2.24, 2.45) is 0 Å². The fourth-order valence-electron chi connectivity index (χ4n) is 4.84. The fraction of sp³-hybridized carbons (Fsp3) is 0.188. The van der Waals surface area contributed by atoms with Crippen LogP contribution in [0.15, 0.2) is 103 Å². The standard InChI is InChI=1S/C32H29NO5/c1-37-18-8-17-33-29(25-13-7-14-27(20-25)38-21-22-9-3-2-4-10-22)28(31(35)32(33)36)30(34)26-16-15-23-11-5-6-12-24(23)19-26/h2-7,9-16,19-20,29,34H,8,17-18,21H2,1H3/b30-28-. The number of rotatable bonds is 9. The molecule has 0 radical (unpaired) electrons. The smallest absolute Gasteiger partial charge is 0.295 e. The van der Waals surface area contributed by atoms with Crippen molar-refractivity contribution in [1.82, 2.24) is 4.90 Å². The number of likely N-dealkylation sites (tertiary alicyclic amines) is 1. The van der Waals surface area contributed by atoms with Crippen molar-refractivity contribution in [2.75, 3.05) is 20.3 Å². The van der Waals surface area contributed by atoms with Gasteiger partial charge in [-0.2, -0.15) is 0 Å². The topological polar surface area (TPSA) is 76.1 Å². The lowest BCUT2D eigenvalue weighted by atomic mass is 9.94. The quantitative estimate of drug-likeness (QED) is 0.133. The summed E-state index contributed by atoms with van der Waals surface area (Å²) in [6.45, 7) is 1.14. The van der Waals surface area contributed by atoms with Crippen LogP contribution in [0.5, 0.6) is 5.75 Å². The molecular formula is C32H29NO5. The minimum Gasteiger partial charge on any atom is -0.507 e. The molecule has 0 aromatic heterocycles. The number of ether oxygens (including phenoxy) is 2. The minimum atomic E-state index is -0.751. The van der Waals surface area contributed by atoms with Gasteiger partial charge in [-0.25, -0.2) is 0 Å². The van der Waals surface area contributed by atoms with Crippen molar-refractivity contribution in [3.8, 4) is 5.75 Å². The van der Waals surface area contributed by atoms with Gasteiger partial charge in [0, 0.05) is 25.8 Å². The van der Waals surface area contributed by atoms with Crippen molar-refractivity contribution in [2.45, 2.75) is 19.1 Å². The monoisotopic (exact) mass is 507 g/mol. The summed E-state index contributed by atoms with van der Waals surface area (Å²) in [6, 6.07) is 29.7. The molecule has 1 N–H and O–H groups in total. The summed E-state index contributed by atoms with van der Waals surface area (Å²) in [6.07, 6.45) is 0.556. The summed E-state index contributed by atoms with van der Waals surface area (Å²) < 4.78 is 11.2. The van der Waals surface area contributed by atoms with Crippen LogP contribution in [0.3, 0.4) is 0 Å². The SMILES string of the molecule is COCCCN1C(=O)C(=O)/C(=C(\O)c2ccc3ccccc3c2)C1c1cccc(OCc2ccccc2)c1. The molecule has 0 spiro atoms. The van der Waals surface area contributed by atoms with E-state index >= 15 is 0 Å². The number of Topliss-reactive ketones (excluding diaryl/α,β-unsaturated/α-hetero) is 1. The molecule has 1 saturated heterocycles. The Morgan fingerprint density at radius 1 is 0.868 bits per heavy atom. The number of aliphatic hydroxyl groups is 1. The second-order valence-electron chi connectivity index (χ2n) is 9.25. The van der Waals surface area contributed by atoms with Gasteiger partial charge in [0.2, 0.25) is 0 Å². The van der Waals surface area contributed by atoms with E-state index in [1.807, 2.05) is 91.0 Å². The lowest BCUT2D eigenvalue weighted by molar-refractivity contribution is -0.140. The maximum absolute atomic E-state index is 13.3. The minimum absolute atomic E-state index is 0.0721. The van der Waals surface area contributed by atoms with Gasteiger partial charge in [0.25, 0.3) is 11.7 Å². The molecule has 1 aliphatic rings. The van der Waals surface area contributed by atoms with E-state index in [2.05, 4.69) is 0 Å². The molecule has 0 bridgehead atoms. The summed E-state index contributed by atoms with van der Waals surface area (Å²) in [4.78, 5) is 28.0. The predicted octanol–water partition coefficient (Wildman–Crippen LogP) is 5.88. The van der Waals surface area contributed by atoms with Crippen molar-refractivity contribution in [3.63, 3.8) is 0 Å². The summed E-state index contributed by atoms with van der Waals surface area (Å²) in [7, 11) is 1.60. The van der Waals surface area contributed by atoms with Gasteiger partial charge < -0.3 is 19.5 Å². The first-order chi connectivity index (χ1) is 18.6. The van der Waals surface area contributed by atoms with E-state index in [9.17, 15) is 14.7 Å². The summed E-state index contributed by atoms with van der Waals surface area (Å²) in [5, 5.41) is 13.4. The first-order valence-corrected chi connectivity index (χ1v) is 12.6. The van der Waals surface area contributed by atoms with E-state index < -0.39 is 17.7 Å². The highest BCUT2D eigenvalue weighted by molar-refractivity contribution is 6.46. The normalized spacial score (nSPS) is 16.8. The highest BCUT2D eigenvalue weighted by Crippen LogP contribution is 2.40. The third-order valence-electron chi connectivity index (χ3n) is 6.73. The zero-order valence-corrected chi connectivity index (χ0v) is 21.2. The molecule has 0 saturated carbocycles. The van der Waals surface area contributed by atoms with Crippen LogP contribution in [0.25, 0.3) is 16.5 Å². The average molecular weight is 508 g/mol. The number of carbonyl (C=O) groups is 2. The van der Waals surface area contributed by atoms with Crippen LogP contribution in [-0.2, 0) is 20.9 Å². The van der Waals surface area contributed by atoms with Gasteiger partial charge in [0.05, 0.1) is 11.6 Å². The van der Waals surface area contributed by atoms with Gasteiger partial charge in [0.1, 0.15) is 18.1 Å². The highest BCUT2D eigenvalue weighted by Gasteiger charge is 2.45. The third-order valence-corrected chi connectivity index (χ3v) is 6.73.